The van der Waals surface area contributed by atoms with Crippen LogP contribution in [0.5, 0.6) is 0 Å². The highest BCUT2D eigenvalue weighted by molar-refractivity contribution is 8.05. The largest absolute Gasteiger partial charge is 0.504 e. The van der Waals surface area contributed by atoms with Crippen LogP contribution in [0.1, 0.15) is 0 Å². The normalized spacial score (nSPS) is 18.2. The summed E-state index contributed by atoms with van der Waals surface area (Å²) in [6.45, 7) is 0. The summed E-state index contributed by atoms with van der Waals surface area (Å²) in [4.78, 5) is 0. The predicted molar refractivity (Wildman–Crippen MR) is 38.2 cm³/mol. The van der Waals surface area contributed by atoms with Gasteiger partial charge in [0.1, 0.15) is 0 Å². The molecule has 9 heavy (non-hydrogen) atoms. The van der Waals surface area contributed by atoms with Crippen molar-refractivity contribution in [3.8, 4) is 0 Å². The molecule has 0 atom stereocenters. The zero-order valence-corrected chi connectivity index (χ0v) is 5.43. The van der Waals surface area contributed by atoms with E-state index in [2.05, 4.69) is 0 Å². The molecule has 3 heteroatoms. The molecule has 0 aromatic heterocycles. The zero-order chi connectivity index (χ0) is 6.69. The van der Waals surface area contributed by atoms with E-state index in [0.29, 0.717) is 0 Å². The molecule has 0 unspecified atom stereocenters. The minimum atomic E-state index is -0.0787. The first-order chi connectivity index (χ1) is 4.30. The fourth-order valence-electron chi connectivity index (χ4n) is 0.427. The summed E-state index contributed by atoms with van der Waals surface area (Å²) in [5, 5.41) is 19.3. The number of allylic oxidation sites excluding steroid dienone is 3. The molecule has 1 rings (SSSR count). The molecule has 0 saturated heterocycles. The Morgan fingerprint density at radius 2 is 2.00 bits per heavy atom. The highest BCUT2D eigenvalue weighted by Crippen LogP contribution is 2.19. The van der Waals surface area contributed by atoms with Gasteiger partial charge in [0.25, 0.3) is 0 Å². The molecule has 0 radical (unpaired) electrons. The molecule has 0 aromatic carbocycles. The number of thioether (sulfide) groups is 1. The quantitative estimate of drug-likeness (QED) is 0.544. The van der Waals surface area contributed by atoms with Gasteiger partial charge in [-0.3, -0.25) is 0 Å². The molecule has 0 aromatic rings. The van der Waals surface area contributed by atoms with Crippen molar-refractivity contribution >= 4 is 11.8 Å². The summed E-state index contributed by atoms with van der Waals surface area (Å²) in [6.07, 6.45) is 4.83. The van der Waals surface area contributed by atoms with E-state index >= 15 is 0 Å². The van der Waals surface area contributed by atoms with Gasteiger partial charge in [-0.2, -0.15) is 0 Å². The zero-order valence-electron chi connectivity index (χ0n) is 4.61. The van der Waals surface area contributed by atoms with Gasteiger partial charge in [-0.1, -0.05) is 23.9 Å². The van der Waals surface area contributed by atoms with Crippen LogP contribution in [-0.4, -0.2) is 10.2 Å². The molecule has 2 nitrogen and oxygen atoms in total. The van der Waals surface area contributed by atoms with E-state index in [9.17, 15) is 0 Å². The molecule has 2 N–H and O–H groups in total. The molecule has 1 heterocycles. The highest BCUT2D eigenvalue weighted by Gasteiger charge is 1.99. The maximum atomic E-state index is 8.85. The fourth-order valence-corrected chi connectivity index (χ4v) is 0.914. The van der Waals surface area contributed by atoms with Gasteiger partial charge in [-0.05, 0) is 11.5 Å². The smallest absolute Gasteiger partial charge is 0.197 e. The first-order valence-electron chi connectivity index (χ1n) is 2.43. The molecular formula is C6H6O2S. The topological polar surface area (TPSA) is 40.5 Å². The third-order valence-corrected chi connectivity index (χ3v) is 1.57. The average molecular weight is 142 g/mol. The minimum absolute atomic E-state index is 0.0556. The Labute approximate surface area is 57.2 Å². The number of hydrogen-bond acceptors (Lipinski definition) is 3. The van der Waals surface area contributed by atoms with Crippen LogP contribution in [0, 0.1) is 0 Å². The van der Waals surface area contributed by atoms with Crippen LogP contribution in [0.3, 0.4) is 0 Å². The van der Waals surface area contributed by atoms with Crippen molar-refractivity contribution < 1.29 is 10.2 Å². The van der Waals surface area contributed by atoms with Crippen LogP contribution in [0.2, 0.25) is 0 Å². The predicted octanol–water partition coefficient (Wildman–Crippen LogP) is 2.09. The van der Waals surface area contributed by atoms with Gasteiger partial charge < -0.3 is 10.2 Å². The SMILES string of the molecule is OC1=C(O)SC=CC=C1. The van der Waals surface area contributed by atoms with E-state index in [4.69, 9.17) is 10.2 Å². The molecule has 0 bridgehead atoms. The maximum Gasteiger partial charge on any atom is 0.197 e. The van der Waals surface area contributed by atoms with Crippen LogP contribution in [0.4, 0.5) is 0 Å². The van der Waals surface area contributed by atoms with Crippen LogP contribution in [-0.2, 0) is 0 Å². The summed E-state index contributed by atoms with van der Waals surface area (Å²) >= 11 is 1.09. The van der Waals surface area contributed by atoms with Gasteiger partial charge in [-0.15, -0.1) is 0 Å². The fraction of sp³-hybridized carbons (Fsp3) is 0. The Balaban J connectivity index is 2.85. The van der Waals surface area contributed by atoms with Crippen molar-refractivity contribution in [1.82, 2.24) is 0 Å². The summed E-state index contributed by atoms with van der Waals surface area (Å²) in [5.41, 5.74) is 0. The van der Waals surface area contributed by atoms with Gasteiger partial charge in [0, 0.05) is 0 Å². The number of hydrogen-bond donors (Lipinski definition) is 2. The molecule has 0 saturated carbocycles. The van der Waals surface area contributed by atoms with E-state index in [1.54, 1.807) is 17.6 Å². The lowest BCUT2D eigenvalue weighted by molar-refractivity contribution is 0.368. The van der Waals surface area contributed by atoms with E-state index in [0.717, 1.165) is 11.8 Å². The lowest BCUT2D eigenvalue weighted by atomic mass is 10.4. The van der Waals surface area contributed by atoms with Crippen molar-refractivity contribution in [2.75, 3.05) is 0 Å². The van der Waals surface area contributed by atoms with Crippen molar-refractivity contribution in [2.24, 2.45) is 0 Å². The van der Waals surface area contributed by atoms with Gasteiger partial charge in [0.2, 0.25) is 0 Å². The second-order valence-corrected chi connectivity index (χ2v) is 2.39. The minimum Gasteiger partial charge on any atom is -0.504 e. The second kappa shape index (κ2) is 2.64. The standard InChI is InChI=1S/C6H6O2S/c7-5-3-1-2-4-9-6(5)8/h1-4,7-8H. The van der Waals surface area contributed by atoms with Crippen LogP contribution in [0.15, 0.2) is 34.5 Å². The van der Waals surface area contributed by atoms with Gasteiger partial charge in [0.15, 0.2) is 10.9 Å². The molecule has 1 aliphatic heterocycles. The molecule has 0 spiro atoms. The first kappa shape index (κ1) is 6.29. The molecular weight excluding hydrogens is 136 g/mol. The van der Waals surface area contributed by atoms with E-state index in [1.807, 2.05) is 0 Å². The lowest BCUT2D eigenvalue weighted by Gasteiger charge is -1.92. The highest BCUT2D eigenvalue weighted by atomic mass is 32.2. The van der Waals surface area contributed by atoms with Crippen molar-refractivity contribution in [2.45, 2.75) is 0 Å². The number of aliphatic hydroxyl groups is 2. The van der Waals surface area contributed by atoms with Crippen LogP contribution < -0.4 is 0 Å². The molecule has 0 aliphatic carbocycles. The first-order valence-corrected chi connectivity index (χ1v) is 3.31. The number of aliphatic hydroxyl groups excluding tert-OH is 2. The van der Waals surface area contributed by atoms with E-state index < -0.39 is 0 Å². The van der Waals surface area contributed by atoms with Gasteiger partial charge in [0.05, 0.1) is 0 Å². The van der Waals surface area contributed by atoms with Crippen molar-refractivity contribution in [3.63, 3.8) is 0 Å². The van der Waals surface area contributed by atoms with Crippen LogP contribution >= 0.6 is 11.8 Å². The Kier molecular flexibility index (Phi) is 1.85. The van der Waals surface area contributed by atoms with Gasteiger partial charge in [-0.25, -0.2) is 0 Å². The summed E-state index contributed by atoms with van der Waals surface area (Å²) in [5.74, 6) is -0.0787. The van der Waals surface area contributed by atoms with Crippen LogP contribution in [0.25, 0.3) is 0 Å². The Morgan fingerprint density at radius 3 is 2.78 bits per heavy atom. The molecule has 0 amide bonds. The molecule has 0 fully saturated rings. The second-order valence-electron chi connectivity index (χ2n) is 1.50. The monoisotopic (exact) mass is 142 g/mol. The number of rotatable bonds is 0. The summed E-state index contributed by atoms with van der Waals surface area (Å²) < 4.78 is 0. The van der Waals surface area contributed by atoms with E-state index in [-0.39, 0.29) is 10.9 Å². The summed E-state index contributed by atoms with van der Waals surface area (Å²) in [6, 6.07) is 0. The lowest BCUT2D eigenvalue weighted by Crippen LogP contribution is -1.78. The third-order valence-electron chi connectivity index (χ3n) is 0.843. The molecule has 48 valence electrons. The van der Waals surface area contributed by atoms with E-state index in [1.165, 1.54) is 6.08 Å². The van der Waals surface area contributed by atoms with Gasteiger partial charge >= 0.3 is 0 Å². The Morgan fingerprint density at radius 1 is 1.22 bits per heavy atom. The summed E-state index contributed by atoms with van der Waals surface area (Å²) in [7, 11) is 0. The maximum absolute atomic E-state index is 8.85. The molecule has 1 aliphatic rings. The van der Waals surface area contributed by atoms with Crippen molar-refractivity contribution in [3.05, 3.63) is 34.5 Å². The Bertz CT molecular complexity index is 191. The average Bonchev–Trinajstić information content (AvgIpc) is 1.99. The van der Waals surface area contributed by atoms with Crippen molar-refractivity contribution in [1.29, 1.82) is 0 Å². The third kappa shape index (κ3) is 1.54. The Hall–Kier alpha value is -0.830.